The van der Waals surface area contributed by atoms with Gasteiger partial charge in [-0.15, -0.1) is 5.10 Å². The number of aromatic nitrogens is 3. The number of hydrogen-bond acceptors (Lipinski definition) is 7. The van der Waals surface area contributed by atoms with Crippen molar-refractivity contribution in [1.29, 1.82) is 0 Å². The Morgan fingerprint density at radius 2 is 2.00 bits per heavy atom. The Kier molecular flexibility index (Phi) is 7.94. The monoisotopic (exact) mass is 486 g/mol. The average Bonchev–Trinajstić information content (AvgIpc) is 3.33. The highest BCUT2D eigenvalue weighted by molar-refractivity contribution is 7.88. The number of aliphatic hydroxyl groups is 1. The number of methoxy groups -OCH3 is 1. The topological polar surface area (TPSA) is 116 Å². The fraction of sp³-hybridized carbons (Fsp3) is 0.417. The molecule has 1 aliphatic heterocycles. The van der Waals surface area contributed by atoms with Crippen LogP contribution in [0.15, 0.2) is 60.8 Å². The van der Waals surface area contributed by atoms with Gasteiger partial charge in [-0.05, 0) is 37.0 Å². The summed E-state index contributed by atoms with van der Waals surface area (Å²) >= 11 is 0. The Balaban J connectivity index is 1.30. The van der Waals surface area contributed by atoms with Crippen LogP contribution in [-0.4, -0.2) is 60.5 Å². The molecule has 0 aliphatic carbocycles. The molecule has 1 fully saturated rings. The van der Waals surface area contributed by atoms with Crippen molar-refractivity contribution in [1.82, 2.24) is 19.7 Å². The molecule has 3 aromatic rings. The van der Waals surface area contributed by atoms with Crippen LogP contribution in [0.4, 0.5) is 0 Å². The van der Waals surface area contributed by atoms with Gasteiger partial charge in [-0.25, -0.2) is 13.1 Å². The predicted molar refractivity (Wildman–Crippen MR) is 128 cm³/mol. The Morgan fingerprint density at radius 3 is 2.76 bits per heavy atom. The Labute approximate surface area is 199 Å². The average molecular weight is 487 g/mol. The van der Waals surface area contributed by atoms with Crippen LogP contribution in [0.5, 0.6) is 5.75 Å². The first kappa shape index (κ1) is 24.3. The Morgan fingerprint density at radius 1 is 1.18 bits per heavy atom. The van der Waals surface area contributed by atoms with E-state index in [0.29, 0.717) is 31.4 Å². The fourth-order valence-corrected chi connectivity index (χ4v) is 5.59. The van der Waals surface area contributed by atoms with E-state index < -0.39 is 22.2 Å². The summed E-state index contributed by atoms with van der Waals surface area (Å²) in [5.41, 5.74) is 2.39. The van der Waals surface area contributed by atoms with E-state index in [4.69, 9.17) is 9.47 Å². The minimum atomic E-state index is -3.55. The van der Waals surface area contributed by atoms with E-state index in [-0.39, 0.29) is 18.5 Å². The third-order valence-electron chi connectivity index (χ3n) is 5.91. The molecule has 9 nitrogen and oxygen atoms in total. The van der Waals surface area contributed by atoms with Crippen LogP contribution in [0.2, 0.25) is 0 Å². The zero-order chi connectivity index (χ0) is 24.0. The summed E-state index contributed by atoms with van der Waals surface area (Å²) in [4.78, 5) is 0. The third-order valence-corrected chi connectivity index (χ3v) is 7.29. The molecule has 0 unspecified atom stereocenters. The molecule has 3 atom stereocenters. The quantitative estimate of drug-likeness (QED) is 0.452. The second-order valence-corrected chi connectivity index (χ2v) is 10.2. The second-order valence-electron chi connectivity index (χ2n) is 8.41. The molecule has 34 heavy (non-hydrogen) atoms. The van der Waals surface area contributed by atoms with E-state index in [9.17, 15) is 13.5 Å². The highest BCUT2D eigenvalue weighted by Crippen LogP contribution is 2.24. The highest BCUT2D eigenvalue weighted by atomic mass is 32.2. The summed E-state index contributed by atoms with van der Waals surface area (Å²) in [6.07, 6.45) is 3.15. The molecule has 2 heterocycles. The number of sulfonamides is 1. The normalized spacial score (nSPS) is 20.8. The molecule has 0 spiro atoms. The molecule has 0 saturated carbocycles. The zero-order valence-corrected chi connectivity index (χ0v) is 19.9. The molecule has 1 aliphatic rings. The van der Waals surface area contributed by atoms with Gasteiger partial charge in [-0.3, -0.25) is 4.68 Å². The zero-order valence-electron chi connectivity index (χ0n) is 19.1. The number of aliphatic hydroxyl groups excluding tert-OH is 1. The van der Waals surface area contributed by atoms with Crippen molar-refractivity contribution in [2.75, 3.05) is 13.7 Å². The smallest absolute Gasteiger partial charge is 0.216 e. The molecule has 4 rings (SSSR count). The van der Waals surface area contributed by atoms with Crippen LogP contribution < -0.4 is 9.46 Å². The number of nitrogens with zero attached hydrogens (tertiary/aromatic N) is 3. The van der Waals surface area contributed by atoms with E-state index in [1.54, 1.807) is 23.9 Å². The van der Waals surface area contributed by atoms with E-state index in [1.807, 2.05) is 48.7 Å². The van der Waals surface area contributed by atoms with E-state index in [0.717, 1.165) is 17.0 Å². The molecule has 0 amide bonds. The van der Waals surface area contributed by atoms with Crippen molar-refractivity contribution < 1.29 is 23.0 Å². The van der Waals surface area contributed by atoms with Gasteiger partial charge < -0.3 is 14.6 Å². The molecule has 182 valence electrons. The standard InChI is InChI=1S/C24H30N4O5S/c1-32-21-9-5-8-19(14-21)23-15-28(27-25-23)13-12-20-10-11-22(24(16-29)33-20)26-34(30,31)17-18-6-3-2-4-7-18/h2-9,14-15,20,22,24,26,29H,10-13,16-17H2,1H3/t20-,22+,24-/m1/s1. The van der Waals surface area contributed by atoms with Crippen LogP contribution >= 0.6 is 0 Å². The Hall–Kier alpha value is -2.79. The lowest BCUT2D eigenvalue weighted by Crippen LogP contribution is -2.51. The molecule has 0 bridgehead atoms. The number of benzene rings is 2. The maximum atomic E-state index is 12.6. The first-order valence-corrected chi connectivity index (χ1v) is 13.0. The van der Waals surface area contributed by atoms with Crippen molar-refractivity contribution in [2.45, 2.75) is 49.8 Å². The number of hydrogen-bond donors (Lipinski definition) is 2. The van der Waals surface area contributed by atoms with E-state index in [2.05, 4.69) is 15.0 Å². The number of ether oxygens (including phenoxy) is 2. The SMILES string of the molecule is COc1cccc(-c2cn(CC[C@H]3CC[C@H](NS(=O)(=O)Cc4ccccc4)[C@@H](CO)O3)nn2)c1. The van der Waals surface area contributed by atoms with Crippen molar-refractivity contribution in [3.05, 3.63) is 66.4 Å². The summed E-state index contributed by atoms with van der Waals surface area (Å²) in [6.45, 7) is 0.350. The van der Waals surface area contributed by atoms with E-state index in [1.165, 1.54) is 0 Å². The van der Waals surface area contributed by atoms with Gasteiger partial charge in [0.25, 0.3) is 0 Å². The van der Waals surface area contributed by atoms with Crippen LogP contribution in [0.3, 0.4) is 0 Å². The van der Waals surface area contributed by atoms with Crippen LogP contribution in [-0.2, 0) is 27.1 Å². The molecule has 0 radical (unpaired) electrons. The Bertz CT molecular complexity index is 1170. The molecular weight excluding hydrogens is 456 g/mol. The molecule has 1 aromatic heterocycles. The highest BCUT2D eigenvalue weighted by Gasteiger charge is 2.33. The number of aryl methyl sites for hydroxylation is 1. The molecule has 2 aromatic carbocycles. The van der Waals surface area contributed by atoms with Gasteiger partial charge in [0.1, 0.15) is 11.4 Å². The summed E-state index contributed by atoms with van der Waals surface area (Å²) in [6, 6.07) is 16.2. The minimum absolute atomic E-state index is 0.100. The summed E-state index contributed by atoms with van der Waals surface area (Å²) in [7, 11) is -1.93. The third kappa shape index (κ3) is 6.41. The van der Waals surface area contributed by atoms with E-state index >= 15 is 0 Å². The van der Waals surface area contributed by atoms with Crippen molar-refractivity contribution >= 4 is 10.0 Å². The largest absolute Gasteiger partial charge is 0.497 e. The minimum Gasteiger partial charge on any atom is -0.497 e. The van der Waals surface area contributed by atoms with Gasteiger partial charge in [0.05, 0.1) is 43.9 Å². The first-order chi connectivity index (χ1) is 16.5. The predicted octanol–water partition coefficient (Wildman–Crippen LogP) is 2.37. The summed E-state index contributed by atoms with van der Waals surface area (Å²) < 4.78 is 41.0. The molecule has 10 heteroatoms. The first-order valence-electron chi connectivity index (χ1n) is 11.3. The van der Waals surface area contributed by atoms with Gasteiger partial charge in [0.15, 0.2) is 0 Å². The van der Waals surface area contributed by atoms with Crippen molar-refractivity contribution in [2.24, 2.45) is 0 Å². The van der Waals surface area contributed by atoms with Crippen LogP contribution in [0.25, 0.3) is 11.3 Å². The fourth-order valence-electron chi connectivity index (χ4n) is 4.14. The summed E-state index contributed by atoms with van der Waals surface area (Å²) in [5, 5.41) is 18.3. The molecule has 2 N–H and O–H groups in total. The lowest BCUT2D eigenvalue weighted by atomic mass is 9.98. The molecule has 1 saturated heterocycles. The molecular formula is C24H30N4O5S. The lowest BCUT2D eigenvalue weighted by molar-refractivity contribution is -0.0891. The van der Waals surface area contributed by atoms with Gasteiger partial charge in [0, 0.05) is 12.1 Å². The van der Waals surface area contributed by atoms with Gasteiger partial charge >= 0.3 is 0 Å². The van der Waals surface area contributed by atoms with Gasteiger partial charge in [-0.2, -0.15) is 0 Å². The van der Waals surface area contributed by atoms with Crippen LogP contribution in [0.1, 0.15) is 24.8 Å². The maximum Gasteiger partial charge on any atom is 0.216 e. The number of nitrogens with one attached hydrogen (secondary N) is 1. The second kappa shape index (κ2) is 11.1. The maximum absolute atomic E-state index is 12.6. The van der Waals surface area contributed by atoms with Gasteiger partial charge in [0.2, 0.25) is 10.0 Å². The lowest BCUT2D eigenvalue weighted by Gasteiger charge is -2.36. The number of rotatable bonds is 10. The van der Waals surface area contributed by atoms with Crippen molar-refractivity contribution in [3.8, 4) is 17.0 Å². The van der Waals surface area contributed by atoms with Crippen molar-refractivity contribution in [3.63, 3.8) is 0 Å². The summed E-state index contributed by atoms with van der Waals surface area (Å²) in [5.74, 6) is 0.653. The van der Waals surface area contributed by atoms with Gasteiger partial charge in [-0.1, -0.05) is 47.7 Å². The van der Waals surface area contributed by atoms with Crippen LogP contribution in [0, 0.1) is 0 Å².